The number of unbranched alkanes of at least 4 members (excludes halogenated alkanes) is 1. The fourth-order valence-electron chi connectivity index (χ4n) is 3.88. The van der Waals surface area contributed by atoms with Gasteiger partial charge < -0.3 is 19.3 Å². The first kappa shape index (κ1) is 28.8. The molecular weight excluding hydrogens is 531 g/mol. The average molecular weight is 564 g/mol. The zero-order chi connectivity index (χ0) is 26.8. The second-order valence-corrected chi connectivity index (χ2v) is 10.4. The number of thiophene rings is 1. The van der Waals surface area contributed by atoms with E-state index < -0.39 is 0 Å². The van der Waals surface area contributed by atoms with E-state index in [1.165, 1.54) is 0 Å². The van der Waals surface area contributed by atoms with Crippen molar-refractivity contribution in [3.63, 3.8) is 0 Å². The molecule has 3 aromatic rings. The molecule has 3 rings (SSSR count). The number of nitrogens with zero attached hydrogens (tertiary/aromatic N) is 2. The van der Waals surface area contributed by atoms with Crippen molar-refractivity contribution >= 4 is 46.4 Å². The van der Waals surface area contributed by atoms with Crippen molar-refractivity contribution in [2.45, 2.75) is 32.7 Å². The smallest absolute Gasteiger partial charge is 0.255 e. The predicted octanol–water partition coefficient (Wildman–Crippen LogP) is 6.59. The minimum absolute atomic E-state index is 0.0326. The summed E-state index contributed by atoms with van der Waals surface area (Å²) in [5.41, 5.74) is 1.36. The summed E-state index contributed by atoms with van der Waals surface area (Å²) in [5.74, 6) is 0.902. The highest BCUT2D eigenvalue weighted by atomic mass is 35.5. The van der Waals surface area contributed by atoms with Crippen molar-refractivity contribution in [2.75, 3.05) is 33.9 Å². The van der Waals surface area contributed by atoms with Crippen LogP contribution in [0.4, 0.5) is 0 Å². The lowest BCUT2D eigenvalue weighted by atomic mass is 10.1. The van der Waals surface area contributed by atoms with Gasteiger partial charge in [-0.25, -0.2) is 0 Å². The number of hydrogen-bond donors (Lipinski definition) is 0. The Labute approximate surface area is 232 Å². The highest BCUT2D eigenvalue weighted by Gasteiger charge is 2.24. The van der Waals surface area contributed by atoms with Crippen LogP contribution in [0.15, 0.2) is 53.9 Å². The van der Waals surface area contributed by atoms with Gasteiger partial charge in [0.05, 0.1) is 31.4 Å². The van der Waals surface area contributed by atoms with Gasteiger partial charge in [-0.3, -0.25) is 9.59 Å². The number of benzene rings is 2. The molecule has 0 aliphatic carbocycles. The van der Waals surface area contributed by atoms with Crippen LogP contribution in [-0.2, 0) is 17.8 Å². The van der Waals surface area contributed by atoms with Crippen molar-refractivity contribution in [1.82, 2.24) is 9.80 Å². The minimum Gasteiger partial charge on any atom is -0.493 e. The van der Waals surface area contributed by atoms with Crippen molar-refractivity contribution < 1.29 is 19.1 Å². The molecule has 198 valence electrons. The van der Waals surface area contributed by atoms with Crippen LogP contribution < -0.4 is 9.47 Å². The second-order valence-electron chi connectivity index (χ2n) is 8.54. The molecule has 0 radical (unpaired) electrons. The highest BCUT2D eigenvalue weighted by Crippen LogP contribution is 2.28. The summed E-state index contributed by atoms with van der Waals surface area (Å²) in [7, 11) is 3.20. The zero-order valence-electron chi connectivity index (χ0n) is 21.3. The molecule has 0 N–H and O–H groups in total. The Morgan fingerprint density at radius 2 is 1.73 bits per heavy atom. The van der Waals surface area contributed by atoms with Gasteiger partial charge in [0.15, 0.2) is 11.5 Å². The number of rotatable bonds is 13. The largest absolute Gasteiger partial charge is 0.493 e. The SMILES string of the molecule is CCCCN(CC(=O)N(CCc1ccc(OC)c(OC)c1)Cc1cccs1)C(=O)c1ccc(Cl)cc1Cl. The van der Waals surface area contributed by atoms with Crippen LogP contribution in [0.5, 0.6) is 11.5 Å². The summed E-state index contributed by atoms with van der Waals surface area (Å²) in [6, 6.07) is 14.5. The van der Waals surface area contributed by atoms with Gasteiger partial charge in [0.1, 0.15) is 6.54 Å². The third-order valence-corrected chi connectivity index (χ3v) is 7.36. The molecule has 0 bridgehead atoms. The summed E-state index contributed by atoms with van der Waals surface area (Å²) < 4.78 is 10.8. The van der Waals surface area contributed by atoms with Gasteiger partial charge in [-0.1, -0.05) is 48.7 Å². The third kappa shape index (κ3) is 8.12. The van der Waals surface area contributed by atoms with Crippen molar-refractivity contribution in [3.05, 3.63) is 80.0 Å². The molecule has 1 aromatic heterocycles. The van der Waals surface area contributed by atoms with Crippen LogP contribution in [0.25, 0.3) is 0 Å². The van der Waals surface area contributed by atoms with Gasteiger partial charge in [0.25, 0.3) is 5.91 Å². The molecule has 2 amide bonds. The molecule has 0 unspecified atom stereocenters. The lowest BCUT2D eigenvalue weighted by Gasteiger charge is -2.28. The Kier molecular flexibility index (Phi) is 11.1. The summed E-state index contributed by atoms with van der Waals surface area (Å²) in [6.45, 7) is 3.44. The van der Waals surface area contributed by atoms with E-state index in [4.69, 9.17) is 32.7 Å². The van der Waals surface area contributed by atoms with E-state index in [-0.39, 0.29) is 23.4 Å². The maximum absolute atomic E-state index is 13.6. The van der Waals surface area contributed by atoms with Crippen LogP contribution in [0.1, 0.15) is 40.6 Å². The Morgan fingerprint density at radius 1 is 0.946 bits per heavy atom. The standard InChI is InChI=1S/C28H32Cl2N2O4S/c1-4-5-13-32(28(34)23-10-9-21(29)17-24(23)30)19-27(33)31(18-22-7-6-15-37-22)14-12-20-8-11-25(35-2)26(16-20)36-3/h6-11,15-17H,4-5,12-14,18-19H2,1-3H3. The van der Waals surface area contributed by atoms with Crippen molar-refractivity contribution in [2.24, 2.45) is 0 Å². The van der Waals surface area contributed by atoms with Gasteiger partial charge in [-0.05, 0) is 60.2 Å². The molecule has 0 saturated carbocycles. The Balaban J connectivity index is 1.79. The van der Waals surface area contributed by atoms with E-state index in [1.54, 1.807) is 53.6 Å². The van der Waals surface area contributed by atoms with Gasteiger partial charge in [-0.15, -0.1) is 11.3 Å². The topological polar surface area (TPSA) is 59.1 Å². The van der Waals surface area contributed by atoms with Gasteiger partial charge in [0, 0.05) is 23.0 Å². The van der Waals surface area contributed by atoms with Crippen molar-refractivity contribution in [1.29, 1.82) is 0 Å². The van der Waals surface area contributed by atoms with Gasteiger partial charge >= 0.3 is 0 Å². The number of carbonyl (C=O) groups is 2. The molecule has 2 aromatic carbocycles. The van der Waals surface area contributed by atoms with Crippen molar-refractivity contribution in [3.8, 4) is 11.5 Å². The molecule has 9 heteroatoms. The fourth-order valence-corrected chi connectivity index (χ4v) is 5.09. The van der Waals surface area contributed by atoms with Crippen LogP contribution in [0, 0.1) is 0 Å². The molecule has 0 atom stereocenters. The van der Waals surface area contributed by atoms with E-state index in [2.05, 4.69) is 0 Å². The van der Waals surface area contributed by atoms with Crippen LogP contribution in [-0.4, -0.2) is 55.5 Å². The number of amides is 2. The predicted molar refractivity (Wildman–Crippen MR) is 150 cm³/mol. The zero-order valence-corrected chi connectivity index (χ0v) is 23.7. The van der Waals surface area contributed by atoms with Gasteiger partial charge in [0.2, 0.25) is 5.91 Å². The van der Waals surface area contributed by atoms with E-state index in [0.717, 1.165) is 23.3 Å². The normalized spacial score (nSPS) is 10.7. The molecule has 0 aliphatic heterocycles. The third-order valence-electron chi connectivity index (χ3n) is 5.95. The summed E-state index contributed by atoms with van der Waals surface area (Å²) in [6.07, 6.45) is 2.30. The number of carbonyl (C=O) groups excluding carboxylic acids is 2. The Hall–Kier alpha value is -2.74. The molecule has 6 nitrogen and oxygen atoms in total. The summed E-state index contributed by atoms with van der Waals surface area (Å²) in [4.78, 5) is 31.4. The molecule has 0 saturated heterocycles. The highest BCUT2D eigenvalue weighted by molar-refractivity contribution is 7.09. The summed E-state index contributed by atoms with van der Waals surface area (Å²) in [5, 5.41) is 2.72. The molecule has 0 spiro atoms. The van der Waals surface area contributed by atoms with E-state index in [0.29, 0.717) is 48.1 Å². The molecule has 37 heavy (non-hydrogen) atoms. The number of ether oxygens (including phenoxy) is 2. The first-order valence-corrected chi connectivity index (χ1v) is 13.7. The van der Waals surface area contributed by atoms with E-state index in [9.17, 15) is 9.59 Å². The maximum Gasteiger partial charge on any atom is 0.255 e. The van der Waals surface area contributed by atoms with Crippen LogP contribution in [0.3, 0.4) is 0 Å². The first-order valence-electron chi connectivity index (χ1n) is 12.1. The van der Waals surface area contributed by atoms with E-state index in [1.807, 2.05) is 42.6 Å². The fraction of sp³-hybridized carbons (Fsp3) is 0.357. The number of hydrogen-bond acceptors (Lipinski definition) is 5. The van der Waals surface area contributed by atoms with Crippen LogP contribution in [0.2, 0.25) is 10.0 Å². The molecular formula is C28H32Cl2N2O4S. The number of halogens is 2. The lowest BCUT2D eigenvalue weighted by Crippen LogP contribution is -2.43. The van der Waals surface area contributed by atoms with E-state index >= 15 is 0 Å². The van der Waals surface area contributed by atoms with Crippen LogP contribution >= 0.6 is 34.5 Å². The first-order chi connectivity index (χ1) is 17.9. The monoisotopic (exact) mass is 562 g/mol. The molecule has 1 heterocycles. The maximum atomic E-state index is 13.6. The second kappa shape index (κ2) is 14.3. The lowest BCUT2D eigenvalue weighted by molar-refractivity contribution is -0.132. The summed E-state index contributed by atoms with van der Waals surface area (Å²) >= 11 is 13.9. The molecule has 0 aliphatic rings. The molecule has 0 fully saturated rings. The van der Waals surface area contributed by atoms with Gasteiger partial charge in [-0.2, -0.15) is 0 Å². The number of methoxy groups -OCH3 is 2. The minimum atomic E-state index is -0.278. The average Bonchev–Trinajstić information content (AvgIpc) is 3.41. The Bertz CT molecular complexity index is 1190. The Morgan fingerprint density at radius 3 is 2.38 bits per heavy atom. The quantitative estimate of drug-likeness (QED) is 0.236.